The molecule has 0 heterocycles. The molecule has 21 heavy (non-hydrogen) atoms. The standard InChI is InChI=1S/C16H24N2O3/c1-20-14-9-12(13(17)10-15(14)21-2)16(19)18-8-7-11-5-3-4-6-11/h9-11H,3-8,17H2,1-2H3,(H,18,19). The second kappa shape index (κ2) is 7.20. The number of nitrogens with one attached hydrogen (secondary N) is 1. The van der Waals surface area contributed by atoms with Crippen molar-refractivity contribution >= 4 is 11.6 Å². The van der Waals surface area contributed by atoms with Crippen LogP contribution in [0, 0.1) is 5.92 Å². The van der Waals surface area contributed by atoms with Crippen molar-refractivity contribution in [3.8, 4) is 11.5 Å². The minimum atomic E-state index is -0.161. The van der Waals surface area contributed by atoms with E-state index in [1.807, 2.05) is 0 Å². The lowest BCUT2D eigenvalue weighted by atomic mass is 10.0. The Balaban J connectivity index is 1.97. The zero-order valence-electron chi connectivity index (χ0n) is 12.8. The molecule has 1 amide bonds. The SMILES string of the molecule is COc1cc(N)c(C(=O)NCCC2CCCC2)cc1OC. The van der Waals surface area contributed by atoms with Crippen LogP contribution in [0.4, 0.5) is 5.69 Å². The fraction of sp³-hybridized carbons (Fsp3) is 0.562. The molecule has 1 fully saturated rings. The van der Waals surface area contributed by atoms with E-state index < -0.39 is 0 Å². The zero-order chi connectivity index (χ0) is 15.2. The van der Waals surface area contributed by atoms with Crippen molar-refractivity contribution in [3.63, 3.8) is 0 Å². The lowest BCUT2D eigenvalue weighted by molar-refractivity contribution is 0.0952. The summed E-state index contributed by atoms with van der Waals surface area (Å²) in [5.74, 6) is 1.63. The number of hydrogen-bond donors (Lipinski definition) is 2. The number of carbonyl (C=O) groups excluding carboxylic acids is 1. The quantitative estimate of drug-likeness (QED) is 0.790. The third-order valence-electron chi connectivity index (χ3n) is 4.11. The second-order valence-electron chi connectivity index (χ2n) is 5.49. The normalized spacial score (nSPS) is 15.0. The third kappa shape index (κ3) is 3.80. The first-order chi connectivity index (χ1) is 10.2. The molecule has 1 aromatic rings. The van der Waals surface area contributed by atoms with Gasteiger partial charge < -0.3 is 20.5 Å². The number of nitrogen functional groups attached to an aromatic ring is 1. The van der Waals surface area contributed by atoms with Crippen LogP contribution in [-0.2, 0) is 0 Å². The number of carbonyl (C=O) groups is 1. The van der Waals surface area contributed by atoms with Crippen LogP contribution >= 0.6 is 0 Å². The minimum Gasteiger partial charge on any atom is -0.493 e. The molecule has 5 nitrogen and oxygen atoms in total. The number of benzene rings is 1. The summed E-state index contributed by atoms with van der Waals surface area (Å²) in [6, 6.07) is 3.24. The van der Waals surface area contributed by atoms with Gasteiger partial charge in [-0.25, -0.2) is 0 Å². The van der Waals surface area contributed by atoms with Gasteiger partial charge in [0, 0.05) is 18.3 Å². The molecule has 0 aromatic heterocycles. The number of nitrogens with two attached hydrogens (primary N) is 1. The van der Waals surface area contributed by atoms with Gasteiger partial charge in [0.1, 0.15) is 0 Å². The number of ether oxygens (including phenoxy) is 2. The Morgan fingerprint density at radius 1 is 1.24 bits per heavy atom. The topological polar surface area (TPSA) is 73.6 Å². The summed E-state index contributed by atoms with van der Waals surface area (Å²) in [5.41, 5.74) is 6.74. The number of rotatable bonds is 6. The molecule has 0 radical (unpaired) electrons. The van der Waals surface area contributed by atoms with Gasteiger partial charge in [-0.2, -0.15) is 0 Å². The van der Waals surface area contributed by atoms with E-state index in [4.69, 9.17) is 15.2 Å². The van der Waals surface area contributed by atoms with E-state index in [-0.39, 0.29) is 5.91 Å². The highest BCUT2D eigenvalue weighted by molar-refractivity contribution is 6.00. The Hall–Kier alpha value is -1.91. The van der Waals surface area contributed by atoms with Crippen LogP contribution in [0.15, 0.2) is 12.1 Å². The van der Waals surface area contributed by atoms with E-state index in [1.165, 1.54) is 32.8 Å². The summed E-state index contributed by atoms with van der Waals surface area (Å²) in [6.45, 7) is 0.692. The summed E-state index contributed by atoms with van der Waals surface area (Å²) >= 11 is 0. The largest absolute Gasteiger partial charge is 0.493 e. The van der Waals surface area contributed by atoms with E-state index in [1.54, 1.807) is 19.2 Å². The first-order valence-corrected chi connectivity index (χ1v) is 7.45. The van der Waals surface area contributed by atoms with Gasteiger partial charge in [0.25, 0.3) is 5.91 Å². The van der Waals surface area contributed by atoms with Crippen molar-refractivity contribution < 1.29 is 14.3 Å². The molecule has 0 spiro atoms. The summed E-state index contributed by atoms with van der Waals surface area (Å²) < 4.78 is 10.4. The molecule has 0 unspecified atom stereocenters. The summed E-state index contributed by atoms with van der Waals surface area (Å²) in [5, 5.41) is 2.94. The third-order valence-corrected chi connectivity index (χ3v) is 4.11. The van der Waals surface area contributed by atoms with E-state index >= 15 is 0 Å². The van der Waals surface area contributed by atoms with Gasteiger partial charge in [0.15, 0.2) is 11.5 Å². The maximum atomic E-state index is 12.2. The van der Waals surface area contributed by atoms with Gasteiger partial charge in [0.05, 0.1) is 19.8 Å². The lowest BCUT2D eigenvalue weighted by Crippen LogP contribution is -2.26. The van der Waals surface area contributed by atoms with Gasteiger partial charge in [-0.15, -0.1) is 0 Å². The second-order valence-corrected chi connectivity index (χ2v) is 5.49. The van der Waals surface area contributed by atoms with E-state index in [9.17, 15) is 4.79 Å². The monoisotopic (exact) mass is 292 g/mol. The van der Waals surface area contributed by atoms with Gasteiger partial charge in [-0.3, -0.25) is 4.79 Å². The van der Waals surface area contributed by atoms with Crippen molar-refractivity contribution in [3.05, 3.63) is 17.7 Å². The van der Waals surface area contributed by atoms with E-state index in [0.717, 1.165) is 12.3 Å². The highest BCUT2D eigenvalue weighted by Crippen LogP contribution is 2.32. The highest BCUT2D eigenvalue weighted by Gasteiger charge is 2.17. The summed E-state index contributed by atoms with van der Waals surface area (Å²) in [7, 11) is 3.08. The fourth-order valence-electron chi connectivity index (χ4n) is 2.88. The molecule has 0 atom stereocenters. The van der Waals surface area contributed by atoms with Crippen LogP contribution in [0.2, 0.25) is 0 Å². The average molecular weight is 292 g/mol. The van der Waals surface area contributed by atoms with Crippen molar-refractivity contribution in [2.45, 2.75) is 32.1 Å². The molecule has 1 aliphatic rings. The van der Waals surface area contributed by atoms with Gasteiger partial charge in [-0.05, 0) is 18.4 Å². The van der Waals surface area contributed by atoms with Crippen molar-refractivity contribution in [1.82, 2.24) is 5.32 Å². The Morgan fingerprint density at radius 2 is 1.86 bits per heavy atom. The van der Waals surface area contributed by atoms with Crippen LogP contribution in [0.1, 0.15) is 42.5 Å². The van der Waals surface area contributed by atoms with Crippen LogP contribution < -0.4 is 20.5 Å². The van der Waals surface area contributed by atoms with Gasteiger partial charge in [0.2, 0.25) is 0 Å². The molecule has 0 saturated heterocycles. The van der Waals surface area contributed by atoms with Crippen LogP contribution in [0.5, 0.6) is 11.5 Å². The molecule has 3 N–H and O–H groups in total. The van der Waals surface area contributed by atoms with E-state index in [0.29, 0.717) is 29.3 Å². The molecule has 5 heteroatoms. The number of hydrogen-bond acceptors (Lipinski definition) is 4. The van der Waals surface area contributed by atoms with E-state index in [2.05, 4.69) is 5.32 Å². The first-order valence-electron chi connectivity index (χ1n) is 7.45. The maximum absolute atomic E-state index is 12.2. The molecular formula is C16H24N2O3. The number of anilines is 1. The molecular weight excluding hydrogens is 268 g/mol. The van der Waals surface area contributed by atoms with Crippen molar-refractivity contribution in [2.75, 3.05) is 26.5 Å². The molecule has 116 valence electrons. The molecule has 1 aliphatic carbocycles. The molecule has 0 aliphatic heterocycles. The van der Waals surface area contributed by atoms with Crippen LogP contribution in [0.25, 0.3) is 0 Å². The summed E-state index contributed by atoms with van der Waals surface area (Å²) in [6.07, 6.45) is 6.25. The minimum absolute atomic E-state index is 0.161. The Labute approximate surface area is 125 Å². The smallest absolute Gasteiger partial charge is 0.253 e. The number of amides is 1. The van der Waals surface area contributed by atoms with Crippen molar-refractivity contribution in [2.24, 2.45) is 5.92 Å². The molecule has 2 rings (SSSR count). The van der Waals surface area contributed by atoms with Gasteiger partial charge >= 0.3 is 0 Å². The molecule has 1 saturated carbocycles. The predicted octanol–water partition coefficient (Wildman–Crippen LogP) is 2.60. The molecule has 0 bridgehead atoms. The average Bonchev–Trinajstić information content (AvgIpc) is 3.00. The fourth-order valence-corrected chi connectivity index (χ4v) is 2.88. The predicted molar refractivity (Wildman–Crippen MR) is 82.9 cm³/mol. The Morgan fingerprint density at radius 3 is 2.48 bits per heavy atom. The molecule has 1 aromatic carbocycles. The van der Waals surface area contributed by atoms with Crippen LogP contribution in [-0.4, -0.2) is 26.7 Å². The lowest BCUT2D eigenvalue weighted by Gasteiger charge is -2.13. The zero-order valence-corrected chi connectivity index (χ0v) is 12.8. The highest BCUT2D eigenvalue weighted by atomic mass is 16.5. The van der Waals surface area contributed by atoms with Gasteiger partial charge in [-0.1, -0.05) is 25.7 Å². The Bertz CT molecular complexity index is 497. The number of methoxy groups -OCH3 is 2. The first kappa shape index (κ1) is 15.5. The van der Waals surface area contributed by atoms with Crippen molar-refractivity contribution in [1.29, 1.82) is 0 Å². The maximum Gasteiger partial charge on any atom is 0.253 e. The Kier molecular flexibility index (Phi) is 5.31. The van der Waals surface area contributed by atoms with Crippen LogP contribution in [0.3, 0.4) is 0 Å². The summed E-state index contributed by atoms with van der Waals surface area (Å²) in [4.78, 5) is 12.2.